The van der Waals surface area contributed by atoms with Crippen LogP contribution in [0.4, 0.5) is 4.39 Å². The minimum Gasteiger partial charge on any atom is -0.478 e. The van der Waals surface area contributed by atoms with E-state index < -0.39 is 5.97 Å². The molecule has 0 aliphatic heterocycles. The Kier molecular flexibility index (Phi) is 5.37. The van der Waals surface area contributed by atoms with Gasteiger partial charge in [-0.05, 0) is 49.2 Å². The van der Waals surface area contributed by atoms with Crippen molar-refractivity contribution in [2.24, 2.45) is 0 Å². The first-order valence-electron chi connectivity index (χ1n) is 8.54. The van der Waals surface area contributed by atoms with Crippen molar-refractivity contribution < 1.29 is 14.3 Å². The molecule has 1 heterocycles. The number of hydrogen-bond acceptors (Lipinski definition) is 3. The molecule has 2 aromatic carbocycles. The average molecular weight is 350 g/mol. The number of unbranched alkanes of at least 4 members (excludes halogenated alkanes) is 1. The van der Waals surface area contributed by atoms with Gasteiger partial charge in [0.05, 0.1) is 22.6 Å². The second kappa shape index (κ2) is 7.87. The molecule has 0 aliphatic rings. The molecule has 0 spiro atoms. The molecule has 1 N–H and O–H groups in total. The zero-order valence-electron chi connectivity index (χ0n) is 14.4. The highest BCUT2D eigenvalue weighted by molar-refractivity contribution is 5.88. The number of aryl methyl sites for hydroxylation is 1. The van der Waals surface area contributed by atoms with Crippen LogP contribution in [0, 0.1) is 5.82 Å². The van der Waals surface area contributed by atoms with Gasteiger partial charge < -0.3 is 5.11 Å². The summed E-state index contributed by atoms with van der Waals surface area (Å²) in [5.41, 5.74) is 3.95. The predicted molar refractivity (Wildman–Crippen MR) is 98.4 cm³/mol. The van der Waals surface area contributed by atoms with E-state index >= 15 is 0 Å². The van der Waals surface area contributed by atoms with Crippen LogP contribution in [-0.2, 0) is 6.42 Å². The topological polar surface area (TPSA) is 63.1 Å². The maximum atomic E-state index is 13.3. The van der Waals surface area contributed by atoms with Crippen LogP contribution >= 0.6 is 0 Å². The first-order valence-corrected chi connectivity index (χ1v) is 8.54. The van der Waals surface area contributed by atoms with Gasteiger partial charge in [-0.1, -0.05) is 25.5 Å². The number of benzene rings is 2. The van der Waals surface area contributed by atoms with Crippen LogP contribution in [0.3, 0.4) is 0 Å². The van der Waals surface area contributed by atoms with E-state index in [0.29, 0.717) is 11.4 Å². The number of carboxylic acid groups (broad SMARTS) is 1. The van der Waals surface area contributed by atoms with Crippen LogP contribution in [0.5, 0.6) is 0 Å². The van der Waals surface area contributed by atoms with Crippen molar-refractivity contribution in [2.75, 3.05) is 0 Å². The minimum absolute atomic E-state index is 0.215. The Morgan fingerprint density at radius 3 is 2.23 bits per heavy atom. The first-order chi connectivity index (χ1) is 12.6. The highest BCUT2D eigenvalue weighted by atomic mass is 19.1. The highest BCUT2D eigenvalue weighted by Gasteiger charge is 2.13. The van der Waals surface area contributed by atoms with E-state index in [2.05, 4.69) is 11.9 Å². The summed E-state index contributed by atoms with van der Waals surface area (Å²) >= 11 is 0. The lowest BCUT2D eigenvalue weighted by Crippen LogP contribution is -2.00. The number of carbonyl (C=O) groups is 1. The Balaban J connectivity index is 2.08. The van der Waals surface area contributed by atoms with Crippen LogP contribution in [0.25, 0.3) is 22.5 Å². The molecule has 0 amide bonds. The van der Waals surface area contributed by atoms with Crippen molar-refractivity contribution in [2.45, 2.75) is 26.2 Å². The monoisotopic (exact) mass is 350 g/mol. The lowest BCUT2D eigenvalue weighted by molar-refractivity contribution is 0.0697. The molecule has 0 fully saturated rings. The van der Waals surface area contributed by atoms with Gasteiger partial charge in [-0.2, -0.15) is 0 Å². The number of nitrogens with zero attached hydrogens (tertiary/aromatic N) is 2. The highest BCUT2D eigenvalue weighted by Crippen LogP contribution is 2.29. The Hall–Kier alpha value is -3.08. The number of aromatic carboxylic acids is 1. The molecule has 0 radical (unpaired) electrons. The van der Waals surface area contributed by atoms with Crippen LogP contribution in [-0.4, -0.2) is 21.0 Å². The lowest BCUT2D eigenvalue weighted by Gasteiger charge is -2.11. The lowest BCUT2D eigenvalue weighted by atomic mass is 10.0. The van der Waals surface area contributed by atoms with Gasteiger partial charge >= 0.3 is 5.97 Å². The van der Waals surface area contributed by atoms with Gasteiger partial charge in [0.2, 0.25) is 0 Å². The van der Waals surface area contributed by atoms with Crippen molar-refractivity contribution in [1.82, 2.24) is 9.97 Å². The van der Waals surface area contributed by atoms with Crippen molar-refractivity contribution in [3.63, 3.8) is 0 Å². The second-order valence-corrected chi connectivity index (χ2v) is 6.05. The van der Waals surface area contributed by atoms with Gasteiger partial charge in [-0.3, -0.25) is 4.98 Å². The standard InChI is InChI=1S/C21H19FN2O2/c1-2-3-4-18-13-23-19(14-9-11-17(22)12-10-14)20(24-18)15-5-7-16(8-6-15)21(25)26/h5-13H,2-4H2,1H3,(H,25,26). The maximum absolute atomic E-state index is 13.3. The average Bonchev–Trinajstić information content (AvgIpc) is 2.67. The fourth-order valence-corrected chi connectivity index (χ4v) is 2.69. The summed E-state index contributed by atoms with van der Waals surface area (Å²) in [5, 5.41) is 9.08. The Morgan fingerprint density at radius 1 is 1.00 bits per heavy atom. The largest absolute Gasteiger partial charge is 0.478 e. The van der Waals surface area contributed by atoms with E-state index in [0.717, 1.165) is 36.1 Å². The van der Waals surface area contributed by atoms with Crippen molar-refractivity contribution in [1.29, 1.82) is 0 Å². The molecule has 3 rings (SSSR count). The van der Waals surface area contributed by atoms with E-state index in [-0.39, 0.29) is 11.4 Å². The SMILES string of the molecule is CCCCc1cnc(-c2ccc(F)cc2)c(-c2ccc(C(=O)O)cc2)n1. The van der Waals surface area contributed by atoms with Crippen molar-refractivity contribution >= 4 is 5.97 Å². The van der Waals surface area contributed by atoms with E-state index in [1.807, 2.05) is 0 Å². The molecular weight excluding hydrogens is 331 g/mol. The fraction of sp³-hybridized carbons (Fsp3) is 0.190. The Bertz CT molecular complexity index is 906. The van der Waals surface area contributed by atoms with E-state index in [1.54, 1.807) is 42.6 Å². The molecule has 0 atom stereocenters. The molecule has 5 heteroatoms. The summed E-state index contributed by atoms with van der Waals surface area (Å²) in [5.74, 6) is -1.29. The van der Waals surface area contributed by atoms with Gasteiger partial charge in [0.15, 0.2) is 0 Å². The van der Waals surface area contributed by atoms with E-state index in [1.165, 1.54) is 12.1 Å². The number of aromatic nitrogens is 2. The zero-order chi connectivity index (χ0) is 18.5. The van der Waals surface area contributed by atoms with E-state index in [4.69, 9.17) is 10.1 Å². The first kappa shape index (κ1) is 17.7. The molecule has 0 aliphatic carbocycles. The van der Waals surface area contributed by atoms with Crippen LogP contribution < -0.4 is 0 Å². The van der Waals surface area contributed by atoms with Crippen molar-refractivity contribution in [3.05, 3.63) is 71.8 Å². The minimum atomic E-state index is -0.974. The number of halogens is 1. The normalized spacial score (nSPS) is 10.7. The summed E-state index contributed by atoms with van der Waals surface area (Å²) in [4.78, 5) is 20.4. The molecular formula is C21H19FN2O2. The van der Waals surface area contributed by atoms with Crippen LogP contribution in [0.15, 0.2) is 54.7 Å². The quantitative estimate of drug-likeness (QED) is 0.680. The molecule has 0 bridgehead atoms. The molecule has 132 valence electrons. The summed E-state index contributed by atoms with van der Waals surface area (Å²) in [6, 6.07) is 12.7. The summed E-state index contributed by atoms with van der Waals surface area (Å²) in [6.45, 7) is 2.12. The summed E-state index contributed by atoms with van der Waals surface area (Å²) in [6.07, 6.45) is 4.66. The van der Waals surface area contributed by atoms with Gasteiger partial charge in [-0.25, -0.2) is 14.2 Å². The Morgan fingerprint density at radius 2 is 1.62 bits per heavy atom. The Labute approximate surface area is 151 Å². The van der Waals surface area contributed by atoms with Crippen molar-refractivity contribution in [3.8, 4) is 22.5 Å². The van der Waals surface area contributed by atoms with Gasteiger partial charge in [0.25, 0.3) is 0 Å². The molecule has 0 saturated carbocycles. The smallest absolute Gasteiger partial charge is 0.335 e. The molecule has 0 unspecified atom stereocenters. The number of rotatable bonds is 6. The number of hydrogen-bond donors (Lipinski definition) is 1. The summed E-state index contributed by atoms with van der Waals surface area (Å²) < 4.78 is 13.3. The van der Waals surface area contributed by atoms with Gasteiger partial charge in [0, 0.05) is 17.3 Å². The zero-order valence-corrected chi connectivity index (χ0v) is 14.4. The molecule has 1 aromatic heterocycles. The maximum Gasteiger partial charge on any atom is 0.335 e. The molecule has 0 saturated heterocycles. The van der Waals surface area contributed by atoms with Gasteiger partial charge in [0.1, 0.15) is 5.82 Å². The molecule has 3 aromatic rings. The third-order valence-electron chi connectivity index (χ3n) is 4.13. The summed E-state index contributed by atoms with van der Waals surface area (Å²) in [7, 11) is 0. The van der Waals surface area contributed by atoms with Gasteiger partial charge in [-0.15, -0.1) is 0 Å². The van der Waals surface area contributed by atoms with E-state index in [9.17, 15) is 9.18 Å². The molecule has 26 heavy (non-hydrogen) atoms. The second-order valence-electron chi connectivity index (χ2n) is 6.05. The number of carboxylic acids is 1. The van der Waals surface area contributed by atoms with Crippen LogP contribution in [0.2, 0.25) is 0 Å². The molecule has 4 nitrogen and oxygen atoms in total. The van der Waals surface area contributed by atoms with Crippen LogP contribution in [0.1, 0.15) is 35.8 Å². The third-order valence-corrected chi connectivity index (χ3v) is 4.13. The fourth-order valence-electron chi connectivity index (χ4n) is 2.69. The predicted octanol–water partition coefficient (Wildman–Crippen LogP) is 4.99. The third kappa shape index (κ3) is 3.94.